The van der Waals surface area contributed by atoms with Gasteiger partial charge in [0, 0.05) is 16.3 Å². The minimum atomic E-state index is -0.693. The van der Waals surface area contributed by atoms with Crippen LogP contribution in [-0.2, 0) is 0 Å². The second-order valence-electron chi connectivity index (χ2n) is 10.5. The van der Waals surface area contributed by atoms with Crippen LogP contribution in [0.1, 0.15) is 20.6 Å². The maximum Gasteiger partial charge on any atom is 0.143 e. The molecule has 0 radical (unpaired) electrons. The predicted molar refractivity (Wildman–Crippen MR) is 190 cm³/mol. The van der Waals surface area contributed by atoms with Crippen LogP contribution in [0.5, 0.6) is 0 Å². The van der Waals surface area contributed by atoms with Crippen molar-refractivity contribution in [2.75, 3.05) is 0 Å². The largest absolute Gasteiger partial charge is 0.455 e. The molecule has 0 bridgehead atoms. The Morgan fingerprint density at radius 2 is 0.978 bits per heavy atom. The number of rotatable bonds is 4. The molecule has 0 amide bonds. The Hall–Kier alpha value is -5.92. The molecule has 0 atom stereocenters. The topological polar surface area (TPSA) is 13.1 Å². The van der Waals surface area contributed by atoms with E-state index in [9.17, 15) is 5.48 Å². The molecule has 8 aromatic carbocycles. The fourth-order valence-electron chi connectivity index (χ4n) is 6.10. The molecular weight excluding hydrogens is 544 g/mol. The molecule has 0 saturated heterocycles. The Bertz CT molecular complexity index is 3290. The summed E-state index contributed by atoms with van der Waals surface area (Å²) in [4.78, 5) is 0. The van der Waals surface area contributed by atoms with E-state index in [1.165, 1.54) is 0 Å². The molecule has 0 spiro atoms. The third kappa shape index (κ3) is 4.09. The summed E-state index contributed by atoms with van der Waals surface area (Å²) >= 11 is 0. The standard InChI is InChI=1S/C44H28O/c1-3-14-29(15-4-1)31-18-13-19-32(28-31)41-34-21-7-9-23-36(34)43(37-24-10-8-22-35(37)41)39-27-26-38-33-20-11-12-25-40(33)45-44(38)42(39)30-16-5-2-6-17-30/h1-28H/i2D,5D,6D,11D,12D,13D,16D,17D,18D,19D,20D,25D,26D,27D,28D. The van der Waals surface area contributed by atoms with Gasteiger partial charge in [-0.25, -0.2) is 0 Å². The van der Waals surface area contributed by atoms with Crippen LogP contribution in [0, 0.1) is 0 Å². The zero-order chi connectivity index (χ0) is 42.8. The second kappa shape index (κ2) is 10.4. The monoisotopic (exact) mass is 587 g/mol. The Labute approximate surface area is 282 Å². The zero-order valence-electron chi connectivity index (χ0n) is 38.4. The molecule has 0 aliphatic rings. The molecule has 9 aromatic rings. The van der Waals surface area contributed by atoms with Crippen molar-refractivity contribution in [3.63, 3.8) is 0 Å². The van der Waals surface area contributed by atoms with Crippen molar-refractivity contribution < 1.29 is 25.0 Å². The highest BCUT2D eigenvalue weighted by Gasteiger charge is 2.22. The predicted octanol–water partition coefficient (Wildman–Crippen LogP) is 12.6. The van der Waals surface area contributed by atoms with Gasteiger partial charge in [-0.2, -0.15) is 0 Å². The van der Waals surface area contributed by atoms with Gasteiger partial charge < -0.3 is 4.42 Å². The third-order valence-electron chi connectivity index (χ3n) is 7.99. The summed E-state index contributed by atoms with van der Waals surface area (Å²) in [5.74, 6) is 0. The lowest BCUT2D eigenvalue weighted by Gasteiger charge is -2.20. The van der Waals surface area contributed by atoms with E-state index in [0.717, 1.165) is 0 Å². The molecule has 210 valence electrons. The van der Waals surface area contributed by atoms with Crippen molar-refractivity contribution in [2.45, 2.75) is 0 Å². The van der Waals surface area contributed by atoms with Crippen LogP contribution < -0.4 is 0 Å². The lowest BCUT2D eigenvalue weighted by Crippen LogP contribution is -1.93. The second-order valence-corrected chi connectivity index (χ2v) is 10.5. The fourth-order valence-corrected chi connectivity index (χ4v) is 6.10. The highest BCUT2D eigenvalue weighted by molar-refractivity contribution is 6.24. The van der Waals surface area contributed by atoms with Crippen molar-refractivity contribution in [3.05, 3.63) is 169 Å². The van der Waals surface area contributed by atoms with Gasteiger partial charge in [-0.15, -0.1) is 0 Å². The van der Waals surface area contributed by atoms with Gasteiger partial charge in [0.05, 0.1) is 20.6 Å². The van der Waals surface area contributed by atoms with E-state index in [-0.39, 0.29) is 73.4 Å². The Balaban J connectivity index is 1.54. The maximum atomic E-state index is 9.76. The molecule has 9 rings (SSSR count). The van der Waals surface area contributed by atoms with Crippen molar-refractivity contribution in [2.24, 2.45) is 0 Å². The third-order valence-corrected chi connectivity index (χ3v) is 7.99. The molecular formula is C44H28O. The van der Waals surface area contributed by atoms with Gasteiger partial charge >= 0.3 is 0 Å². The van der Waals surface area contributed by atoms with E-state index in [0.29, 0.717) is 32.7 Å². The number of fused-ring (bicyclic) bond motifs is 5. The van der Waals surface area contributed by atoms with Crippen molar-refractivity contribution in [1.82, 2.24) is 0 Å². The van der Waals surface area contributed by atoms with Crippen molar-refractivity contribution in [1.29, 1.82) is 0 Å². The molecule has 1 heterocycles. The van der Waals surface area contributed by atoms with E-state index in [1.807, 2.05) is 0 Å². The van der Waals surface area contributed by atoms with Crippen LogP contribution >= 0.6 is 0 Å². The van der Waals surface area contributed by atoms with Gasteiger partial charge in [-0.1, -0.05) is 151 Å². The summed E-state index contributed by atoms with van der Waals surface area (Å²) in [7, 11) is 0. The first-order valence-electron chi connectivity index (χ1n) is 21.7. The summed E-state index contributed by atoms with van der Waals surface area (Å²) < 4.78 is 140. The van der Waals surface area contributed by atoms with E-state index < -0.39 is 72.5 Å². The van der Waals surface area contributed by atoms with Crippen LogP contribution in [0.15, 0.2) is 174 Å². The van der Waals surface area contributed by atoms with Gasteiger partial charge in [0.15, 0.2) is 0 Å². The van der Waals surface area contributed by atoms with Gasteiger partial charge in [0.2, 0.25) is 0 Å². The molecule has 0 unspecified atom stereocenters. The Morgan fingerprint density at radius 1 is 0.378 bits per heavy atom. The highest BCUT2D eigenvalue weighted by atomic mass is 16.3. The molecule has 0 N–H and O–H groups in total. The van der Waals surface area contributed by atoms with Crippen LogP contribution in [0.3, 0.4) is 0 Å². The van der Waals surface area contributed by atoms with Gasteiger partial charge in [-0.3, -0.25) is 0 Å². The minimum Gasteiger partial charge on any atom is -0.455 e. The molecule has 1 nitrogen and oxygen atoms in total. The summed E-state index contributed by atoms with van der Waals surface area (Å²) in [5.41, 5.74) is 0.0553. The number of benzene rings is 8. The molecule has 1 aromatic heterocycles. The molecule has 0 saturated carbocycles. The van der Waals surface area contributed by atoms with Crippen LogP contribution in [-0.4, -0.2) is 0 Å². The fraction of sp³-hybridized carbons (Fsp3) is 0. The minimum absolute atomic E-state index is 0.0722. The van der Waals surface area contributed by atoms with E-state index in [2.05, 4.69) is 0 Å². The summed E-state index contributed by atoms with van der Waals surface area (Å²) in [6.45, 7) is 0. The molecule has 0 fully saturated rings. The van der Waals surface area contributed by atoms with E-state index in [4.69, 9.17) is 19.5 Å². The van der Waals surface area contributed by atoms with Crippen molar-refractivity contribution >= 4 is 43.5 Å². The first kappa shape index (κ1) is 14.7. The first-order valence-corrected chi connectivity index (χ1v) is 14.2. The first-order chi connectivity index (χ1) is 28.6. The lowest BCUT2D eigenvalue weighted by atomic mass is 9.83. The SMILES string of the molecule is [2H]c1c([2H])c([2H])c(-c2c(-c3c4ccccc4c(-c4c([2H])c([2H])c([2H])c(-c5ccccc5)c4[2H])c4ccccc34)c([2H])c([2H])c3c2oc2c([2H])c([2H])c([2H])c([2H])c23)c([2H])c1[2H]. The molecule has 0 aliphatic carbocycles. The number of para-hydroxylation sites is 1. The number of hydrogen-bond donors (Lipinski definition) is 0. The van der Waals surface area contributed by atoms with E-state index >= 15 is 0 Å². The summed E-state index contributed by atoms with van der Waals surface area (Å²) in [6.07, 6.45) is 0. The maximum absolute atomic E-state index is 9.76. The lowest BCUT2D eigenvalue weighted by molar-refractivity contribution is 0.670. The van der Waals surface area contributed by atoms with Crippen LogP contribution in [0.25, 0.3) is 88.0 Å². The summed E-state index contributed by atoms with van der Waals surface area (Å²) in [5, 5.41) is 1.26. The average molecular weight is 588 g/mol. The van der Waals surface area contributed by atoms with Gasteiger partial charge in [0.25, 0.3) is 0 Å². The quantitative estimate of drug-likeness (QED) is 0.187. The number of furan rings is 1. The Kier molecular flexibility index (Phi) is 3.39. The zero-order valence-corrected chi connectivity index (χ0v) is 23.4. The summed E-state index contributed by atoms with van der Waals surface area (Å²) in [6, 6.07) is 14.6. The normalized spacial score (nSPS) is 16.2. The smallest absolute Gasteiger partial charge is 0.143 e. The highest BCUT2D eigenvalue weighted by Crippen LogP contribution is 2.49. The molecule has 45 heavy (non-hydrogen) atoms. The van der Waals surface area contributed by atoms with Gasteiger partial charge in [0.1, 0.15) is 11.2 Å². The average Bonchev–Trinajstić information content (AvgIpc) is 3.66. The van der Waals surface area contributed by atoms with Crippen LogP contribution in [0.4, 0.5) is 0 Å². The van der Waals surface area contributed by atoms with Crippen molar-refractivity contribution in [3.8, 4) is 44.5 Å². The molecule has 0 aliphatic heterocycles. The van der Waals surface area contributed by atoms with E-state index in [1.54, 1.807) is 78.9 Å². The van der Waals surface area contributed by atoms with Gasteiger partial charge in [-0.05, 0) is 78.6 Å². The Morgan fingerprint density at radius 3 is 1.71 bits per heavy atom. The van der Waals surface area contributed by atoms with Crippen LogP contribution in [0.2, 0.25) is 0 Å². The number of hydrogen-bond acceptors (Lipinski definition) is 1. The molecule has 1 heteroatoms.